The second-order valence-corrected chi connectivity index (χ2v) is 7.10. The van der Waals surface area contributed by atoms with Crippen molar-refractivity contribution < 1.29 is 13.5 Å². The number of aliphatic hydroxyl groups is 1. The van der Waals surface area contributed by atoms with Gasteiger partial charge in [0.2, 0.25) is 10.0 Å². The first-order chi connectivity index (χ1) is 8.90. The van der Waals surface area contributed by atoms with Crippen LogP contribution in [0.2, 0.25) is 0 Å². The van der Waals surface area contributed by atoms with E-state index in [0.717, 1.165) is 5.75 Å². The molecule has 0 radical (unpaired) electrons. The normalized spacial score (nSPS) is 15.2. The second kappa shape index (κ2) is 7.28. The summed E-state index contributed by atoms with van der Waals surface area (Å²) in [6, 6.07) is 6.34. The van der Waals surface area contributed by atoms with Gasteiger partial charge in [0.15, 0.2) is 0 Å². The van der Waals surface area contributed by atoms with Crippen LogP contribution in [0.15, 0.2) is 29.2 Å². The average molecular weight is 303 g/mol. The first-order valence-electron chi connectivity index (χ1n) is 6.20. The molecule has 108 valence electrons. The van der Waals surface area contributed by atoms with Crippen LogP contribution in [0, 0.1) is 0 Å². The van der Waals surface area contributed by atoms with Gasteiger partial charge in [-0.3, -0.25) is 0 Å². The topological polar surface area (TPSA) is 66.4 Å². The summed E-state index contributed by atoms with van der Waals surface area (Å²) >= 11 is 1.59. The van der Waals surface area contributed by atoms with Gasteiger partial charge in [0.25, 0.3) is 0 Å². The van der Waals surface area contributed by atoms with Crippen LogP contribution in [-0.2, 0) is 10.0 Å². The van der Waals surface area contributed by atoms with Gasteiger partial charge in [-0.05, 0) is 37.3 Å². The molecule has 2 atom stereocenters. The molecule has 0 aromatic heterocycles. The summed E-state index contributed by atoms with van der Waals surface area (Å²) in [7, 11) is -3.52. The Morgan fingerprint density at radius 1 is 1.42 bits per heavy atom. The summed E-state index contributed by atoms with van der Waals surface area (Å²) in [6.45, 7) is 3.68. The van der Waals surface area contributed by atoms with Crippen molar-refractivity contribution in [3.05, 3.63) is 29.8 Å². The van der Waals surface area contributed by atoms with E-state index in [2.05, 4.69) is 4.72 Å². The van der Waals surface area contributed by atoms with Crippen LogP contribution in [0.4, 0.5) is 0 Å². The van der Waals surface area contributed by atoms with E-state index in [-0.39, 0.29) is 10.9 Å². The van der Waals surface area contributed by atoms with Crippen LogP contribution in [-0.4, -0.2) is 31.6 Å². The third kappa shape index (κ3) is 4.80. The van der Waals surface area contributed by atoms with Gasteiger partial charge >= 0.3 is 0 Å². The van der Waals surface area contributed by atoms with E-state index in [9.17, 15) is 13.5 Å². The first-order valence-corrected chi connectivity index (χ1v) is 9.07. The fourth-order valence-electron chi connectivity index (χ4n) is 1.74. The zero-order valence-corrected chi connectivity index (χ0v) is 13.1. The van der Waals surface area contributed by atoms with E-state index in [1.807, 2.05) is 20.1 Å². The zero-order valence-electron chi connectivity index (χ0n) is 11.5. The lowest BCUT2D eigenvalue weighted by Gasteiger charge is -2.14. The van der Waals surface area contributed by atoms with E-state index in [0.29, 0.717) is 12.0 Å². The SMILES string of the molecule is CCC(O)c1cccc(S(=O)(=O)NC(C)CSC)c1. The summed E-state index contributed by atoms with van der Waals surface area (Å²) in [6.07, 6.45) is 1.86. The van der Waals surface area contributed by atoms with Crippen molar-refractivity contribution in [1.29, 1.82) is 0 Å². The van der Waals surface area contributed by atoms with Gasteiger partial charge in [0.1, 0.15) is 0 Å². The van der Waals surface area contributed by atoms with Crippen molar-refractivity contribution in [3.8, 4) is 0 Å². The van der Waals surface area contributed by atoms with E-state index >= 15 is 0 Å². The van der Waals surface area contributed by atoms with Gasteiger partial charge in [-0.1, -0.05) is 19.1 Å². The third-order valence-corrected chi connectivity index (χ3v) is 5.13. The Balaban J connectivity index is 2.95. The summed E-state index contributed by atoms with van der Waals surface area (Å²) in [4.78, 5) is 0.199. The molecule has 0 heterocycles. The summed E-state index contributed by atoms with van der Waals surface area (Å²) in [5, 5.41) is 9.77. The molecule has 2 unspecified atom stereocenters. The fraction of sp³-hybridized carbons (Fsp3) is 0.538. The molecule has 6 heteroatoms. The van der Waals surface area contributed by atoms with Gasteiger partial charge in [-0.2, -0.15) is 11.8 Å². The minimum atomic E-state index is -3.52. The van der Waals surface area contributed by atoms with Crippen molar-refractivity contribution in [1.82, 2.24) is 4.72 Å². The van der Waals surface area contributed by atoms with Gasteiger partial charge in [0.05, 0.1) is 11.0 Å². The van der Waals surface area contributed by atoms with Gasteiger partial charge in [0, 0.05) is 11.8 Å². The molecule has 0 aliphatic carbocycles. The van der Waals surface area contributed by atoms with Crippen molar-refractivity contribution in [2.45, 2.75) is 37.3 Å². The second-order valence-electron chi connectivity index (χ2n) is 4.47. The van der Waals surface area contributed by atoms with Crippen molar-refractivity contribution >= 4 is 21.8 Å². The maximum Gasteiger partial charge on any atom is 0.240 e. The number of sulfonamides is 1. The molecular weight excluding hydrogens is 282 g/mol. The predicted octanol–water partition coefficient (Wildman–Crippen LogP) is 2.16. The molecule has 1 aromatic carbocycles. The van der Waals surface area contributed by atoms with Crippen molar-refractivity contribution in [2.24, 2.45) is 0 Å². The molecule has 4 nitrogen and oxygen atoms in total. The minimum Gasteiger partial charge on any atom is -0.388 e. The standard InChI is InChI=1S/C13H21NO3S2/c1-4-13(15)11-6-5-7-12(8-11)19(16,17)14-10(2)9-18-3/h5-8,10,13-15H,4,9H2,1-3H3. The molecule has 1 rings (SSSR count). The Kier molecular flexibility index (Phi) is 6.32. The van der Waals surface area contributed by atoms with Gasteiger partial charge < -0.3 is 5.11 Å². The lowest BCUT2D eigenvalue weighted by atomic mass is 10.1. The van der Waals surface area contributed by atoms with Crippen LogP contribution in [0.3, 0.4) is 0 Å². The van der Waals surface area contributed by atoms with E-state index in [1.165, 1.54) is 6.07 Å². The zero-order chi connectivity index (χ0) is 14.5. The molecule has 1 aromatic rings. The summed E-state index contributed by atoms with van der Waals surface area (Å²) in [5.74, 6) is 0.719. The smallest absolute Gasteiger partial charge is 0.240 e. The molecule has 0 fully saturated rings. The van der Waals surface area contributed by atoms with E-state index in [4.69, 9.17) is 0 Å². The number of hydrogen-bond donors (Lipinski definition) is 2. The fourth-order valence-corrected chi connectivity index (χ4v) is 3.73. The number of nitrogens with one attached hydrogen (secondary N) is 1. The van der Waals surface area contributed by atoms with Crippen LogP contribution in [0.1, 0.15) is 31.9 Å². The molecule has 2 N–H and O–H groups in total. The highest BCUT2D eigenvalue weighted by Crippen LogP contribution is 2.20. The van der Waals surface area contributed by atoms with E-state index in [1.54, 1.807) is 30.0 Å². The number of aliphatic hydroxyl groups excluding tert-OH is 1. The van der Waals surface area contributed by atoms with Crippen LogP contribution < -0.4 is 4.72 Å². The maximum absolute atomic E-state index is 12.2. The Morgan fingerprint density at radius 3 is 2.68 bits per heavy atom. The van der Waals surface area contributed by atoms with Gasteiger partial charge in [-0.15, -0.1) is 0 Å². The quantitative estimate of drug-likeness (QED) is 0.810. The molecule has 0 saturated heterocycles. The molecular formula is C13H21NO3S2. The minimum absolute atomic E-state index is 0.125. The summed E-state index contributed by atoms with van der Waals surface area (Å²) < 4.78 is 27.0. The highest BCUT2D eigenvalue weighted by Gasteiger charge is 2.18. The molecule has 0 amide bonds. The average Bonchev–Trinajstić information content (AvgIpc) is 2.37. The largest absolute Gasteiger partial charge is 0.388 e. The summed E-state index contributed by atoms with van der Waals surface area (Å²) in [5.41, 5.74) is 0.628. The molecule has 0 saturated carbocycles. The number of benzene rings is 1. The number of hydrogen-bond acceptors (Lipinski definition) is 4. The monoisotopic (exact) mass is 303 g/mol. The van der Waals surface area contributed by atoms with Crippen LogP contribution in [0.25, 0.3) is 0 Å². The third-order valence-electron chi connectivity index (χ3n) is 2.71. The Bertz CT molecular complexity index is 502. The van der Waals surface area contributed by atoms with Crippen LogP contribution in [0.5, 0.6) is 0 Å². The highest BCUT2D eigenvalue weighted by molar-refractivity contribution is 7.98. The van der Waals surface area contributed by atoms with Crippen molar-refractivity contribution in [3.63, 3.8) is 0 Å². The predicted molar refractivity (Wildman–Crippen MR) is 79.9 cm³/mol. The Hall–Kier alpha value is -0.560. The first kappa shape index (κ1) is 16.5. The Morgan fingerprint density at radius 2 is 2.11 bits per heavy atom. The molecule has 0 aliphatic rings. The van der Waals surface area contributed by atoms with Crippen molar-refractivity contribution in [2.75, 3.05) is 12.0 Å². The van der Waals surface area contributed by atoms with Gasteiger partial charge in [-0.25, -0.2) is 13.1 Å². The number of rotatable bonds is 7. The number of thioether (sulfide) groups is 1. The molecule has 0 aliphatic heterocycles. The lowest BCUT2D eigenvalue weighted by Crippen LogP contribution is -2.34. The highest BCUT2D eigenvalue weighted by atomic mass is 32.2. The molecule has 0 spiro atoms. The molecule has 19 heavy (non-hydrogen) atoms. The van der Waals surface area contributed by atoms with Crippen LogP contribution >= 0.6 is 11.8 Å². The lowest BCUT2D eigenvalue weighted by molar-refractivity contribution is 0.173. The molecule has 0 bridgehead atoms. The Labute approximate surface area is 119 Å². The van der Waals surface area contributed by atoms with E-state index < -0.39 is 16.1 Å². The maximum atomic E-state index is 12.2.